The number of methoxy groups -OCH3 is 1. The smallest absolute Gasteiger partial charge is 0.337 e. The first-order chi connectivity index (χ1) is 8.32. The van der Waals surface area contributed by atoms with Gasteiger partial charge < -0.3 is 19.7 Å². The van der Waals surface area contributed by atoms with Crippen molar-refractivity contribution in [3.8, 4) is 0 Å². The second-order valence-corrected chi connectivity index (χ2v) is 4.94. The second-order valence-electron chi connectivity index (χ2n) is 4.94. The van der Waals surface area contributed by atoms with Crippen molar-refractivity contribution in [1.82, 2.24) is 0 Å². The fourth-order valence-corrected chi connectivity index (χ4v) is 2.75. The third kappa shape index (κ3) is 1.56. The summed E-state index contributed by atoms with van der Waals surface area (Å²) in [6.07, 6.45) is -0.267. The van der Waals surface area contributed by atoms with E-state index in [1.807, 2.05) is 0 Å². The summed E-state index contributed by atoms with van der Waals surface area (Å²) < 4.78 is 9.52. The number of rotatable bonds is 1. The molecule has 18 heavy (non-hydrogen) atoms. The lowest BCUT2D eigenvalue weighted by Crippen LogP contribution is -2.46. The molecule has 1 saturated carbocycles. The first kappa shape index (κ1) is 13.0. The van der Waals surface area contributed by atoms with Gasteiger partial charge in [0.05, 0.1) is 36.4 Å². The van der Waals surface area contributed by atoms with Crippen LogP contribution in [0.5, 0.6) is 0 Å². The summed E-state index contributed by atoms with van der Waals surface area (Å²) in [5, 5.41) is 20.1. The van der Waals surface area contributed by atoms with E-state index < -0.39 is 35.6 Å². The van der Waals surface area contributed by atoms with Crippen LogP contribution in [-0.2, 0) is 19.1 Å². The van der Waals surface area contributed by atoms with Gasteiger partial charge in [-0.2, -0.15) is 0 Å². The van der Waals surface area contributed by atoms with Gasteiger partial charge in [-0.15, -0.1) is 0 Å². The van der Waals surface area contributed by atoms with Crippen LogP contribution in [0.25, 0.3) is 0 Å². The highest BCUT2D eigenvalue weighted by Crippen LogP contribution is 2.49. The maximum Gasteiger partial charge on any atom is 0.337 e. The van der Waals surface area contributed by atoms with E-state index in [0.717, 1.165) is 6.26 Å². The SMILES string of the molecule is COC(=O)C1=CO[C@H](O)[C@H]2[C@@H]1C(=O)[C@H](C)[C@]2(C)O. The molecule has 1 aliphatic carbocycles. The summed E-state index contributed by atoms with van der Waals surface area (Å²) in [7, 11) is 1.20. The molecule has 100 valence electrons. The van der Waals surface area contributed by atoms with E-state index in [4.69, 9.17) is 4.74 Å². The zero-order valence-corrected chi connectivity index (χ0v) is 10.4. The van der Waals surface area contributed by atoms with Crippen LogP contribution in [0.3, 0.4) is 0 Å². The van der Waals surface area contributed by atoms with E-state index >= 15 is 0 Å². The van der Waals surface area contributed by atoms with Gasteiger partial charge in [0, 0.05) is 5.92 Å². The van der Waals surface area contributed by atoms with Crippen LogP contribution in [0.15, 0.2) is 11.8 Å². The molecule has 0 amide bonds. The molecule has 1 aliphatic heterocycles. The van der Waals surface area contributed by atoms with Crippen molar-refractivity contribution in [3.63, 3.8) is 0 Å². The van der Waals surface area contributed by atoms with Crippen molar-refractivity contribution < 1.29 is 29.3 Å². The van der Waals surface area contributed by atoms with Gasteiger partial charge in [-0.1, -0.05) is 6.92 Å². The summed E-state index contributed by atoms with van der Waals surface area (Å²) in [6.45, 7) is 3.04. The molecule has 1 fully saturated rings. The zero-order chi connectivity index (χ0) is 13.7. The van der Waals surface area contributed by atoms with Gasteiger partial charge in [0.1, 0.15) is 5.78 Å². The lowest BCUT2D eigenvalue weighted by Gasteiger charge is -2.35. The molecule has 0 aromatic rings. The Bertz CT molecular complexity index is 424. The van der Waals surface area contributed by atoms with Crippen LogP contribution in [0.4, 0.5) is 0 Å². The molecule has 6 nitrogen and oxygen atoms in total. The van der Waals surface area contributed by atoms with Crippen molar-refractivity contribution in [2.45, 2.75) is 25.7 Å². The number of Topliss-reactive ketones (excluding diaryl/α,β-unsaturated/α-hetero) is 1. The van der Waals surface area contributed by atoms with Crippen LogP contribution < -0.4 is 0 Å². The minimum absolute atomic E-state index is 0.0439. The summed E-state index contributed by atoms with van der Waals surface area (Å²) >= 11 is 0. The third-order valence-corrected chi connectivity index (χ3v) is 4.04. The van der Waals surface area contributed by atoms with Crippen LogP contribution in [-0.4, -0.2) is 41.0 Å². The van der Waals surface area contributed by atoms with E-state index in [0.29, 0.717) is 0 Å². The van der Waals surface area contributed by atoms with Gasteiger partial charge in [-0.3, -0.25) is 4.79 Å². The molecule has 6 heteroatoms. The van der Waals surface area contributed by atoms with Gasteiger partial charge in [-0.05, 0) is 6.92 Å². The molecule has 2 rings (SSSR count). The number of fused-ring (bicyclic) bond motifs is 1. The molecule has 0 bridgehead atoms. The Kier molecular flexibility index (Phi) is 2.95. The molecule has 0 unspecified atom stereocenters. The van der Waals surface area contributed by atoms with Crippen molar-refractivity contribution in [2.75, 3.05) is 7.11 Å². The number of carbonyl (C=O) groups is 2. The minimum Gasteiger partial charge on any atom is -0.472 e. The number of hydrogen-bond donors (Lipinski definition) is 2. The van der Waals surface area contributed by atoms with E-state index in [2.05, 4.69) is 4.74 Å². The summed E-state index contributed by atoms with van der Waals surface area (Å²) in [5.74, 6) is -3.40. The first-order valence-electron chi connectivity index (χ1n) is 5.70. The molecule has 2 aliphatic rings. The minimum atomic E-state index is -1.42. The quantitative estimate of drug-likeness (QED) is 0.620. The normalized spacial score (nSPS) is 42.9. The topological polar surface area (TPSA) is 93.1 Å². The van der Waals surface area contributed by atoms with E-state index in [1.54, 1.807) is 6.92 Å². The highest BCUT2D eigenvalue weighted by atomic mass is 16.6. The van der Waals surface area contributed by atoms with Gasteiger partial charge in [0.2, 0.25) is 6.29 Å². The Morgan fingerprint density at radius 1 is 1.56 bits per heavy atom. The van der Waals surface area contributed by atoms with Gasteiger partial charge in [-0.25, -0.2) is 4.79 Å². The molecule has 5 atom stereocenters. The van der Waals surface area contributed by atoms with Crippen LogP contribution >= 0.6 is 0 Å². The van der Waals surface area contributed by atoms with Crippen molar-refractivity contribution in [2.24, 2.45) is 17.8 Å². The fourth-order valence-electron chi connectivity index (χ4n) is 2.75. The predicted molar refractivity (Wildman–Crippen MR) is 59.0 cm³/mol. The predicted octanol–water partition coefficient (Wildman–Crippen LogP) is -0.406. The lowest BCUT2D eigenvalue weighted by molar-refractivity contribution is -0.171. The molecule has 0 saturated heterocycles. The lowest BCUT2D eigenvalue weighted by atomic mass is 9.80. The Morgan fingerprint density at radius 3 is 2.72 bits per heavy atom. The van der Waals surface area contributed by atoms with E-state index in [1.165, 1.54) is 14.0 Å². The Labute approximate surface area is 104 Å². The Morgan fingerprint density at radius 2 is 2.17 bits per heavy atom. The van der Waals surface area contributed by atoms with Crippen LogP contribution in [0, 0.1) is 17.8 Å². The van der Waals surface area contributed by atoms with Gasteiger partial charge in [0.25, 0.3) is 0 Å². The largest absolute Gasteiger partial charge is 0.472 e. The molecule has 2 N–H and O–H groups in total. The van der Waals surface area contributed by atoms with Crippen molar-refractivity contribution in [3.05, 3.63) is 11.8 Å². The molecule has 0 aromatic carbocycles. The zero-order valence-electron chi connectivity index (χ0n) is 10.4. The van der Waals surface area contributed by atoms with Gasteiger partial charge >= 0.3 is 5.97 Å². The molecule has 0 spiro atoms. The number of ketones is 1. The average molecular weight is 256 g/mol. The summed E-state index contributed by atoms with van der Waals surface area (Å²) in [5.41, 5.74) is -1.38. The highest BCUT2D eigenvalue weighted by molar-refractivity contribution is 6.00. The third-order valence-electron chi connectivity index (χ3n) is 4.04. The molecular formula is C12H16O6. The molecule has 0 radical (unpaired) electrons. The van der Waals surface area contributed by atoms with E-state index in [-0.39, 0.29) is 11.4 Å². The monoisotopic (exact) mass is 256 g/mol. The standard InChI is InChI=1S/C12H16O6/c1-5-9(13)7-6(10(14)17-3)4-18-11(15)8(7)12(5,2)16/h4-5,7-8,11,15-16H,1-3H3/t5-,7+,8+,11-,12-/m0/s1. The summed E-state index contributed by atoms with van der Waals surface area (Å²) in [4.78, 5) is 23.7. The van der Waals surface area contributed by atoms with Crippen molar-refractivity contribution >= 4 is 11.8 Å². The second kappa shape index (κ2) is 4.07. The number of aliphatic hydroxyl groups excluding tert-OH is 1. The number of carbonyl (C=O) groups excluding carboxylic acids is 2. The van der Waals surface area contributed by atoms with Gasteiger partial charge in [0.15, 0.2) is 0 Å². The average Bonchev–Trinajstić information content (AvgIpc) is 2.51. The number of hydrogen-bond acceptors (Lipinski definition) is 6. The summed E-state index contributed by atoms with van der Waals surface area (Å²) in [6, 6.07) is 0. The fraction of sp³-hybridized carbons (Fsp3) is 0.667. The molecule has 0 aromatic heterocycles. The number of esters is 1. The maximum absolute atomic E-state index is 12.2. The van der Waals surface area contributed by atoms with Crippen LogP contribution in [0.2, 0.25) is 0 Å². The Balaban J connectivity index is 2.47. The van der Waals surface area contributed by atoms with Crippen molar-refractivity contribution in [1.29, 1.82) is 0 Å². The molecular weight excluding hydrogens is 240 g/mol. The maximum atomic E-state index is 12.2. The van der Waals surface area contributed by atoms with E-state index in [9.17, 15) is 19.8 Å². The first-order valence-corrected chi connectivity index (χ1v) is 5.70. The van der Waals surface area contributed by atoms with Crippen LogP contribution in [0.1, 0.15) is 13.8 Å². The number of ether oxygens (including phenoxy) is 2. The highest BCUT2D eigenvalue weighted by Gasteiger charge is 2.61. The molecule has 1 heterocycles. The number of aliphatic hydroxyl groups is 2. The Hall–Kier alpha value is -1.40.